The van der Waals surface area contributed by atoms with Crippen LogP contribution in [0.3, 0.4) is 0 Å². The molecule has 7 nitrogen and oxygen atoms in total. The van der Waals surface area contributed by atoms with Gasteiger partial charge in [0.15, 0.2) is 0 Å². The summed E-state index contributed by atoms with van der Waals surface area (Å²) >= 11 is 0. The normalized spacial score (nSPS) is 29.2. The molecule has 1 saturated carbocycles. The first kappa shape index (κ1) is 15.5. The number of likely N-dealkylation sites (tertiary alicyclic amines) is 1. The fourth-order valence-corrected chi connectivity index (χ4v) is 3.91. The van der Waals surface area contributed by atoms with E-state index in [1.807, 2.05) is 0 Å². The molecule has 0 bridgehead atoms. The zero-order valence-electron chi connectivity index (χ0n) is 13.8. The minimum atomic E-state index is -0.530. The summed E-state index contributed by atoms with van der Waals surface area (Å²) in [7, 11) is 1.65. The molecular weight excluding hydrogens is 308 g/mol. The summed E-state index contributed by atoms with van der Waals surface area (Å²) < 4.78 is 5.54. The summed E-state index contributed by atoms with van der Waals surface area (Å²) in [6.45, 7) is 2.06. The molecular formula is C17H22N4O3. The van der Waals surface area contributed by atoms with Crippen LogP contribution in [0.1, 0.15) is 41.4 Å². The lowest BCUT2D eigenvalue weighted by atomic mass is 9.73. The maximum atomic E-state index is 12.8. The highest BCUT2D eigenvalue weighted by atomic mass is 16.5. The van der Waals surface area contributed by atoms with Crippen molar-refractivity contribution in [1.29, 1.82) is 0 Å². The van der Waals surface area contributed by atoms with E-state index in [4.69, 9.17) is 4.74 Å². The predicted molar refractivity (Wildman–Crippen MR) is 85.3 cm³/mol. The Morgan fingerprint density at radius 1 is 1.33 bits per heavy atom. The average Bonchev–Trinajstić information content (AvgIpc) is 3.40. The van der Waals surface area contributed by atoms with Gasteiger partial charge in [0.25, 0.3) is 5.91 Å². The molecule has 4 rings (SSSR count). The van der Waals surface area contributed by atoms with Crippen molar-refractivity contribution in [3.8, 4) is 0 Å². The molecule has 3 heterocycles. The molecule has 1 aliphatic carbocycles. The van der Waals surface area contributed by atoms with Gasteiger partial charge in [-0.1, -0.05) is 0 Å². The van der Waals surface area contributed by atoms with Gasteiger partial charge in [-0.3, -0.25) is 9.59 Å². The SMILES string of the molecule is CNC(=O)[C@]12CCOC[C@H]1CN(C(=O)c1cnc(C3CC3)nc1)C2. The van der Waals surface area contributed by atoms with E-state index in [0.29, 0.717) is 44.2 Å². The minimum Gasteiger partial charge on any atom is -0.381 e. The topological polar surface area (TPSA) is 84.4 Å². The number of aromatic nitrogens is 2. The highest BCUT2D eigenvalue weighted by Crippen LogP contribution is 2.43. The number of hydrogen-bond donors (Lipinski definition) is 1. The highest BCUT2D eigenvalue weighted by Gasteiger charge is 2.54. The van der Waals surface area contributed by atoms with Gasteiger partial charge in [-0.2, -0.15) is 0 Å². The third-order valence-electron chi connectivity index (χ3n) is 5.53. The number of nitrogens with one attached hydrogen (secondary N) is 1. The summed E-state index contributed by atoms with van der Waals surface area (Å²) in [5.41, 5.74) is -0.0386. The molecule has 2 atom stereocenters. The fourth-order valence-electron chi connectivity index (χ4n) is 3.91. The standard InChI is InChI=1S/C17H22N4O3/c1-18-16(23)17-4-5-24-9-13(17)8-21(10-17)15(22)12-6-19-14(20-7-12)11-2-3-11/h6-7,11,13H,2-5,8-10H2,1H3,(H,18,23)/t13-,17+/m1/s1. The Hall–Kier alpha value is -2.02. The van der Waals surface area contributed by atoms with Gasteiger partial charge >= 0.3 is 0 Å². The summed E-state index contributed by atoms with van der Waals surface area (Å²) in [5, 5.41) is 2.77. The second kappa shape index (κ2) is 5.81. The lowest BCUT2D eigenvalue weighted by molar-refractivity contribution is -0.138. The first-order valence-electron chi connectivity index (χ1n) is 8.55. The number of nitrogens with zero attached hydrogens (tertiary/aromatic N) is 3. The number of carbonyl (C=O) groups excluding carboxylic acids is 2. The van der Waals surface area contributed by atoms with Gasteiger partial charge in [0.1, 0.15) is 5.82 Å². The predicted octanol–water partition coefficient (Wildman–Crippen LogP) is 0.579. The van der Waals surface area contributed by atoms with E-state index >= 15 is 0 Å². The van der Waals surface area contributed by atoms with E-state index in [-0.39, 0.29) is 17.7 Å². The third kappa shape index (κ3) is 2.47. The molecule has 7 heteroatoms. The Morgan fingerprint density at radius 3 is 2.75 bits per heavy atom. The van der Waals surface area contributed by atoms with E-state index < -0.39 is 5.41 Å². The molecule has 3 fully saturated rings. The smallest absolute Gasteiger partial charge is 0.257 e. The summed E-state index contributed by atoms with van der Waals surface area (Å²) in [6, 6.07) is 0. The molecule has 2 saturated heterocycles. The van der Waals surface area contributed by atoms with E-state index in [0.717, 1.165) is 18.7 Å². The Bertz CT molecular complexity index is 658. The molecule has 0 aromatic carbocycles. The maximum absolute atomic E-state index is 12.8. The lowest BCUT2D eigenvalue weighted by Crippen LogP contribution is -2.49. The monoisotopic (exact) mass is 330 g/mol. The molecule has 3 aliphatic rings. The van der Waals surface area contributed by atoms with Crippen LogP contribution >= 0.6 is 0 Å². The summed E-state index contributed by atoms with van der Waals surface area (Å²) in [4.78, 5) is 35.7. The number of rotatable bonds is 3. The van der Waals surface area contributed by atoms with Crippen molar-refractivity contribution in [2.45, 2.75) is 25.2 Å². The molecule has 0 unspecified atom stereocenters. The molecule has 2 aliphatic heterocycles. The Morgan fingerprint density at radius 2 is 2.08 bits per heavy atom. The van der Waals surface area contributed by atoms with Crippen LogP contribution in [0.4, 0.5) is 0 Å². The van der Waals surface area contributed by atoms with Crippen molar-refractivity contribution in [2.75, 3.05) is 33.4 Å². The molecule has 1 N–H and O–H groups in total. The Balaban J connectivity index is 1.53. The maximum Gasteiger partial charge on any atom is 0.257 e. The minimum absolute atomic E-state index is 0.00595. The molecule has 0 radical (unpaired) electrons. The van der Waals surface area contributed by atoms with Gasteiger partial charge in [-0.05, 0) is 19.3 Å². The molecule has 0 spiro atoms. The van der Waals surface area contributed by atoms with Crippen molar-refractivity contribution in [2.24, 2.45) is 11.3 Å². The van der Waals surface area contributed by atoms with Crippen molar-refractivity contribution in [3.63, 3.8) is 0 Å². The number of hydrogen-bond acceptors (Lipinski definition) is 5. The molecule has 2 amide bonds. The fraction of sp³-hybridized carbons (Fsp3) is 0.647. The van der Waals surface area contributed by atoms with E-state index in [1.165, 1.54) is 0 Å². The average molecular weight is 330 g/mol. The summed E-state index contributed by atoms with van der Waals surface area (Å²) in [6.07, 6.45) is 6.16. The third-order valence-corrected chi connectivity index (χ3v) is 5.53. The second-order valence-electron chi connectivity index (χ2n) is 7.05. The first-order valence-corrected chi connectivity index (χ1v) is 8.55. The quantitative estimate of drug-likeness (QED) is 0.876. The van der Waals surface area contributed by atoms with E-state index in [9.17, 15) is 9.59 Å². The van der Waals surface area contributed by atoms with Crippen molar-refractivity contribution in [3.05, 3.63) is 23.8 Å². The largest absolute Gasteiger partial charge is 0.381 e. The van der Waals surface area contributed by atoms with Crippen LogP contribution in [0.5, 0.6) is 0 Å². The van der Waals surface area contributed by atoms with Crippen LogP contribution < -0.4 is 5.32 Å². The molecule has 128 valence electrons. The van der Waals surface area contributed by atoms with Gasteiger partial charge < -0.3 is 15.0 Å². The zero-order chi connectivity index (χ0) is 16.7. The number of amides is 2. The molecule has 24 heavy (non-hydrogen) atoms. The molecule has 1 aromatic rings. The number of carbonyl (C=O) groups is 2. The Kier molecular flexibility index (Phi) is 3.75. The van der Waals surface area contributed by atoms with Crippen molar-refractivity contribution < 1.29 is 14.3 Å². The highest BCUT2D eigenvalue weighted by molar-refractivity contribution is 5.95. The van der Waals surface area contributed by atoms with Gasteiger partial charge in [-0.15, -0.1) is 0 Å². The lowest BCUT2D eigenvalue weighted by Gasteiger charge is -2.36. The van der Waals surface area contributed by atoms with Crippen molar-refractivity contribution in [1.82, 2.24) is 20.2 Å². The second-order valence-corrected chi connectivity index (χ2v) is 7.05. The Labute approximate surface area is 140 Å². The van der Waals surface area contributed by atoms with E-state index in [2.05, 4.69) is 15.3 Å². The van der Waals surface area contributed by atoms with Gasteiger partial charge in [0.05, 0.1) is 17.6 Å². The van der Waals surface area contributed by atoms with Crippen LogP contribution in [-0.2, 0) is 9.53 Å². The van der Waals surface area contributed by atoms with Crippen LogP contribution in [0, 0.1) is 11.3 Å². The first-order chi connectivity index (χ1) is 11.6. The zero-order valence-corrected chi connectivity index (χ0v) is 13.8. The van der Waals surface area contributed by atoms with Gasteiger partial charge in [-0.25, -0.2) is 9.97 Å². The van der Waals surface area contributed by atoms with Crippen LogP contribution in [-0.4, -0.2) is 60.0 Å². The van der Waals surface area contributed by atoms with Gasteiger partial charge in [0.2, 0.25) is 5.91 Å². The van der Waals surface area contributed by atoms with Crippen LogP contribution in [0.25, 0.3) is 0 Å². The number of ether oxygens (including phenoxy) is 1. The number of fused-ring (bicyclic) bond motifs is 1. The van der Waals surface area contributed by atoms with Crippen molar-refractivity contribution >= 4 is 11.8 Å². The van der Waals surface area contributed by atoms with Crippen LogP contribution in [0.15, 0.2) is 12.4 Å². The van der Waals surface area contributed by atoms with E-state index in [1.54, 1.807) is 24.3 Å². The van der Waals surface area contributed by atoms with Crippen LogP contribution in [0.2, 0.25) is 0 Å². The van der Waals surface area contributed by atoms with Gasteiger partial charge in [0, 0.05) is 51.0 Å². The summed E-state index contributed by atoms with van der Waals surface area (Å²) in [5.74, 6) is 1.25. The molecule has 1 aromatic heterocycles.